The Morgan fingerprint density at radius 3 is 2.48 bits per heavy atom. The average Bonchev–Trinajstić information content (AvgIpc) is 2.81. The molecule has 9 nitrogen and oxygen atoms in total. The average molecular weight is 473 g/mol. The first-order valence-electron chi connectivity index (χ1n) is 10.6. The molecule has 3 heterocycles. The van der Waals surface area contributed by atoms with Crippen LogP contribution in [0.4, 0.5) is 21.8 Å². The fourth-order valence-corrected chi connectivity index (χ4v) is 4.98. The van der Waals surface area contributed by atoms with Gasteiger partial charge in [0.2, 0.25) is 10.0 Å². The summed E-state index contributed by atoms with van der Waals surface area (Å²) in [5.74, 6) is 1.30. The number of anilines is 3. The molecule has 1 fully saturated rings. The van der Waals surface area contributed by atoms with E-state index in [0.717, 1.165) is 11.6 Å². The zero-order valence-electron chi connectivity index (χ0n) is 18.4. The van der Waals surface area contributed by atoms with Crippen molar-refractivity contribution in [3.05, 3.63) is 60.3 Å². The Kier molecular flexibility index (Phi) is 6.70. The Bertz CT molecular complexity index is 1230. The van der Waals surface area contributed by atoms with Crippen LogP contribution >= 0.6 is 0 Å². The highest BCUT2D eigenvalue weighted by Gasteiger charge is 2.29. The molecule has 1 aromatic carbocycles. The van der Waals surface area contributed by atoms with Crippen molar-refractivity contribution in [1.29, 1.82) is 0 Å². The number of sulfonamides is 1. The maximum Gasteiger partial charge on any atom is 0.243 e. The second-order valence-corrected chi connectivity index (χ2v) is 9.46. The maximum absolute atomic E-state index is 14.2. The second kappa shape index (κ2) is 9.67. The standard InChI is InChI=1S/C22H25FN6O3S/c1-3-32-19-5-4-17(13-18(19)23)33(30,31)29-10-8-28(9-11-29)22-14-21(25-15-26-22)27-20-12-16(2)6-7-24-20/h4-7,12-15H,3,8-11H2,1-2H3,(H,24,25,26,27). The molecule has 0 amide bonds. The summed E-state index contributed by atoms with van der Waals surface area (Å²) in [6.45, 7) is 5.41. The molecule has 0 saturated carbocycles. The van der Waals surface area contributed by atoms with Gasteiger partial charge in [0.05, 0.1) is 11.5 Å². The minimum Gasteiger partial charge on any atom is -0.491 e. The monoisotopic (exact) mass is 472 g/mol. The number of benzene rings is 1. The predicted octanol–water partition coefficient (Wildman–Crippen LogP) is 2.97. The van der Waals surface area contributed by atoms with Crippen LogP contribution in [-0.2, 0) is 10.0 Å². The van der Waals surface area contributed by atoms with Crippen molar-refractivity contribution in [2.45, 2.75) is 18.7 Å². The number of pyridine rings is 1. The summed E-state index contributed by atoms with van der Waals surface area (Å²) in [5, 5.41) is 3.16. The third-order valence-electron chi connectivity index (χ3n) is 5.23. The van der Waals surface area contributed by atoms with Gasteiger partial charge in [-0.05, 0) is 49.7 Å². The van der Waals surface area contributed by atoms with Crippen molar-refractivity contribution in [3.63, 3.8) is 0 Å². The first-order chi connectivity index (χ1) is 15.9. The molecule has 0 spiro atoms. The van der Waals surface area contributed by atoms with Crippen LogP contribution in [0.3, 0.4) is 0 Å². The molecule has 11 heteroatoms. The van der Waals surface area contributed by atoms with E-state index in [-0.39, 0.29) is 23.7 Å². The molecule has 33 heavy (non-hydrogen) atoms. The number of hydrogen-bond donors (Lipinski definition) is 1. The molecule has 4 rings (SSSR count). The highest BCUT2D eigenvalue weighted by molar-refractivity contribution is 7.89. The van der Waals surface area contributed by atoms with Crippen molar-refractivity contribution >= 4 is 27.5 Å². The summed E-state index contributed by atoms with van der Waals surface area (Å²) in [4.78, 5) is 14.7. The number of aromatic nitrogens is 3. The van der Waals surface area contributed by atoms with Gasteiger partial charge in [-0.1, -0.05) is 0 Å². The van der Waals surface area contributed by atoms with E-state index in [2.05, 4.69) is 20.3 Å². The van der Waals surface area contributed by atoms with Gasteiger partial charge in [-0.2, -0.15) is 4.31 Å². The van der Waals surface area contributed by atoms with Gasteiger partial charge in [0.15, 0.2) is 11.6 Å². The van der Waals surface area contributed by atoms with Crippen LogP contribution in [0.5, 0.6) is 5.75 Å². The van der Waals surface area contributed by atoms with Crippen LogP contribution < -0.4 is 15.0 Å². The van der Waals surface area contributed by atoms with Gasteiger partial charge in [-0.25, -0.2) is 27.8 Å². The minimum atomic E-state index is -3.82. The van der Waals surface area contributed by atoms with Crippen molar-refractivity contribution in [2.24, 2.45) is 0 Å². The molecular weight excluding hydrogens is 447 g/mol. The van der Waals surface area contributed by atoms with E-state index in [1.807, 2.05) is 24.0 Å². The SMILES string of the molecule is CCOc1ccc(S(=O)(=O)N2CCN(c3cc(Nc4cc(C)ccn4)ncn3)CC2)cc1F. The van der Waals surface area contributed by atoms with Crippen LogP contribution in [0.1, 0.15) is 12.5 Å². The molecule has 1 N–H and O–H groups in total. The van der Waals surface area contributed by atoms with E-state index < -0.39 is 15.8 Å². The molecule has 1 aliphatic rings. The predicted molar refractivity (Wildman–Crippen MR) is 123 cm³/mol. The Labute approximate surface area is 192 Å². The molecule has 0 radical (unpaired) electrons. The fourth-order valence-electron chi connectivity index (χ4n) is 3.55. The second-order valence-electron chi connectivity index (χ2n) is 7.52. The third kappa shape index (κ3) is 5.20. The van der Waals surface area contributed by atoms with Crippen molar-refractivity contribution in [3.8, 4) is 5.75 Å². The largest absolute Gasteiger partial charge is 0.491 e. The first kappa shape index (κ1) is 22.9. The lowest BCUT2D eigenvalue weighted by Gasteiger charge is -2.34. The Morgan fingerprint density at radius 1 is 1.03 bits per heavy atom. The molecule has 1 saturated heterocycles. The number of hydrogen-bond acceptors (Lipinski definition) is 8. The molecule has 174 valence electrons. The summed E-state index contributed by atoms with van der Waals surface area (Å²) in [5.41, 5.74) is 1.08. The Balaban J connectivity index is 1.43. The van der Waals surface area contributed by atoms with Crippen LogP contribution in [0.2, 0.25) is 0 Å². The van der Waals surface area contributed by atoms with Crippen LogP contribution in [0.25, 0.3) is 0 Å². The number of piperazine rings is 1. The smallest absolute Gasteiger partial charge is 0.243 e. The number of nitrogens with zero attached hydrogens (tertiary/aromatic N) is 5. The summed E-state index contributed by atoms with van der Waals surface area (Å²) < 4.78 is 46.7. The lowest BCUT2D eigenvalue weighted by atomic mass is 10.3. The van der Waals surface area contributed by atoms with Gasteiger partial charge >= 0.3 is 0 Å². The number of rotatable bonds is 7. The molecule has 2 aromatic heterocycles. The van der Waals surface area contributed by atoms with E-state index in [1.54, 1.807) is 19.2 Å². The Morgan fingerprint density at radius 2 is 1.79 bits per heavy atom. The fraction of sp³-hybridized carbons (Fsp3) is 0.318. The van der Waals surface area contributed by atoms with Gasteiger partial charge in [0.25, 0.3) is 0 Å². The zero-order chi connectivity index (χ0) is 23.4. The molecular formula is C22H25FN6O3S. The highest BCUT2D eigenvalue weighted by Crippen LogP contribution is 2.25. The first-order valence-corrected chi connectivity index (χ1v) is 12.0. The Hall–Kier alpha value is -3.31. The summed E-state index contributed by atoms with van der Waals surface area (Å²) >= 11 is 0. The quantitative estimate of drug-likeness (QED) is 0.560. The zero-order valence-corrected chi connectivity index (χ0v) is 19.2. The van der Waals surface area contributed by atoms with E-state index in [0.29, 0.717) is 37.1 Å². The summed E-state index contributed by atoms with van der Waals surface area (Å²) in [6, 6.07) is 9.35. The van der Waals surface area contributed by atoms with Gasteiger partial charge < -0.3 is 15.0 Å². The molecule has 0 unspecified atom stereocenters. The molecule has 3 aromatic rings. The number of nitrogens with one attached hydrogen (secondary N) is 1. The summed E-state index contributed by atoms with van der Waals surface area (Å²) in [6.07, 6.45) is 3.18. The van der Waals surface area contributed by atoms with Crippen LogP contribution in [0, 0.1) is 12.7 Å². The minimum absolute atomic E-state index is 0.0373. The van der Waals surface area contributed by atoms with Gasteiger partial charge in [0.1, 0.15) is 23.8 Å². The summed E-state index contributed by atoms with van der Waals surface area (Å²) in [7, 11) is -3.82. The van der Waals surface area contributed by atoms with Gasteiger partial charge in [0, 0.05) is 38.4 Å². The highest BCUT2D eigenvalue weighted by atomic mass is 32.2. The van der Waals surface area contributed by atoms with Gasteiger partial charge in [-0.3, -0.25) is 0 Å². The number of aryl methyl sites for hydroxylation is 1. The lowest BCUT2D eigenvalue weighted by Crippen LogP contribution is -2.48. The normalized spacial score (nSPS) is 14.8. The maximum atomic E-state index is 14.2. The molecule has 0 aliphatic carbocycles. The van der Waals surface area contributed by atoms with E-state index in [4.69, 9.17) is 4.74 Å². The van der Waals surface area contributed by atoms with Crippen molar-refractivity contribution in [1.82, 2.24) is 19.3 Å². The third-order valence-corrected chi connectivity index (χ3v) is 7.12. The van der Waals surface area contributed by atoms with E-state index >= 15 is 0 Å². The molecule has 0 atom stereocenters. The molecule has 1 aliphatic heterocycles. The number of halogens is 1. The number of ether oxygens (including phenoxy) is 1. The van der Waals surface area contributed by atoms with Gasteiger partial charge in [-0.15, -0.1) is 0 Å². The van der Waals surface area contributed by atoms with Crippen molar-refractivity contribution < 1.29 is 17.5 Å². The van der Waals surface area contributed by atoms with Crippen molar-refractivity contribution in [2.75, 3.05) is 43.0 Å². The van der Waals surface area contributed by atoms with E-state index in [1.165, 1.54) is 22.8 Å². The van der Waals surface area contributed by atoms with E-state index in [9.17, 15) is 12.8 Å². The lowest BCUT2D eigenvalue weighted by molar-refractivity contribution is 0.321. The molecule has 0 bridgehead atoms. The van der Waals surface area contributed by atoms with Crippen LogP contribution in [-0.4, -0.2) is 60.5 Å². The van der Waals surface area contributed by atoms with Crippen LogP contribution in [0.15, 0.2) is 53.8 Å². The topological polar surface area (TPSA) is 101 Å².